The monoisotopic (exact) mass is 352 g/mol. The summed E-state index contributed by atoms with van der Waals surface area (Å²) < 4.78 is 16.7. The van der Waals surface area contributed by atoms with Crippen molar-refractivity contribution in [3.05, 3.63) is 52.0 Å². The van der Waals surface area contributed by atoms with Crippen molar-refractivity contribution in [1.82, 2.24) is 0 Å². The fraction of sp³-hybridized carbons (Fsp3) is 0.250. The zero-order valence-electron chi connectivity index (χ0n) is 12.1. The first kappa shape index (κ1) is 15.7. The number of halogens is 1. The number of methoxy groups -OCH3 is 3. The predicted octanol–water partition coefficient (Wildman–Crippen LogP) is 3.56. The van der Waals surface area contributed by atoms with Crippen molar-refractivity contribution in [1.29, 1.82) is 0 Å². The molecule has 0 saturated heterocycles. The van der Waals surface area contributed by atoms with Gasteiger partial charge in [0.05, 0.1) is 21.3 Å². The molecule has 0 aliphatic carbocycles. The van der Waals surface area contributed by atoms with Gasteiger partial charge in [-0.3, -0.25) is 0 Å². The Labute approximate surface area is 132 Å². The van der Waals surface area contributed by atoms with Gasteiger partial charge in [-0.25, -0.2) is 0 Å². The first-order valence-electron chi connectivity index (χ1n) is 6.34. The molecule has 1 atom stereocenters. The predicted molar refractivity (Wildman–Crippen MR) is 84.3 cm³/mol. The Morgan fingerprint density at radius 2 is 1.43 bits per heavy atom. The average molecular weight is 353 g/mol. The second-order valence-electron chi connectivity index (χ2n) is 4.40. The number of benzene rings is 2. The number of aliphatic hydroxyl groups is 1. The van der Waals surface area contributed by atoms with Gasteiger partial charge in [-0.1, -0.05) is 15.9 Å². The summed E-state index contributed by atoms with van der Waals surface area (Å²) in [7, 11) is 4.72. The van der Waals surface area contributed by atoms with Crippen LogP contribution in [0.3, 0.4) is 0 Å². The third kappa shape index (κ3) is 3.31. The molecule has 1 N–H and O–H groups in total. The third-order valence-corrected chi connectivity index (χ3v) is 3.71. The Morgan fingerprint density at radius 3 is 2.00 bits per heavy atom. The van der Waals surface area contributed by atoms with Crippen LogP contribution in [0, 0.1) is 0 Å². The lowest BCUT2D eigenvalue weighted by Gasteiger charge is -2.18. The van der Waals surface area contributed by atoms with Crippen molar-refractivity contribution >= 4 is 15.9 Å². The van der Waals surface area contributed by atoms with E-state index in [1.54, 1.807) is 45.6 Å². The molecule has 0 bridgehead atoms. The van der Waals surface area contributed by atoms with Crippen LogP contribution in [-0.2, 0) is 0 Å². The van der Waals surface area contributed by atoms with E-state index in [4.69, 9.17) is 14.2 Å². The smallest absolute Gasteiger partial charge is 0.125 e. The van der Waals surface area contributed by atoms with Crippen molar-refractivity contribution < 1.29 is 19.3 Å². The topological polar surface area (TPSA) is 47.9 Å². The molecule has 0 spiro atoms. The lowest BCUT2D eigenvalue weighted by Crippen LogP contribution is -2.05. The SMILES string of the molecule is COc1ccc(OC)c(C(O)c2cc(Br)ccc2OC)c1. The number of ether oxygens (including phenoxy) is 3. The van der Waals surface area contributed by atoms with Gasteiger partial charge in [0.25, 0.3) is 0 Å². The lowest BCUT2D eigenvalue weighted by atomic mass is 9.99. The van der Waals surface area contributed by atoms with Crippen LogP contribution in [0.1, 0.15) is 17.2 Å². The van der Waals surface area contributed by atoms with Crippen LogP contribution in [0.4, 0.5) is 0 Å². The van der Waals surface area contributed by atoms with E-state index in [0.717, 1.165) is 4.47 Å². The van der Waals surface area contributed by atoms with Crippen molar-refractivity contribution in [2.75, 3.05) is 21.3 Å². The Bertz CT molecular complexity index is 628. The largest absolute Gasteiger partial charge is 0.497 e. The molecule has 0 aliphatic rings. The van der Waals surface area contributed by atoms with Crippen molar-refractivity contribution in [2.24, 2.45) is 0 Å². The molecular formula is C16H17BrO4. The van der Waals surface area contributed by atoms with Crippen LogP contribution >= 0.6 is 15.9 Å². The molecule has 112 valence electrons. The molecule has 0 aromatic heterocycles. The summed E-state index contributed by atoms with van der Waals surface area (Å²) in [5, 5.41) is 10.7. The molecule has 21 heavy (non-hydrogen) atoms. The summed E-state index contributed by atoms with van der Waals surface area (Å²) in [6, 6.07) is 10.8. The Morgan fingerprint density at radius 1 is 0.857 bits per heavy atom. The van der Waals surface area contributed by atoms with E-state index in [-0.39, 0.29) is 0 Å². The van der Waals surface area contributed by atoms with Gasteiger partial charge in [0.2, 0.25) is 0 Å². The first-order chi connectivity index (χ1) is 10.1. The van der Waals surface area contributed by atoms with Crippen LogP contribution < -0.4 is 14.2 Å². The normalized spacial score (nSPS) is 11.9. The molecule has 0 heterocycles. The van der Waals surface area contributed by atoms with Gasteiger partial charge in [0.1, 0.15) is 23.4 Å². The summed E-state index contributed by atoms with van der Waals surface area (Å²) in [5.74, 6) is 1.85. The first-order valence-corrected chi connectivity index (χ1v) is 7.13. The minimum absolute atomic E-state index is 0.588. The molecule has 0 aliphatic heterocycles. The second kappa shape index (κ2) is 6.83. The quantitative estimate of drug-likeness (QED) is 0.893. The molecule has 5 heteroatoms. The van der Waals surface area contributed by atoms with Crippen molar-refractivity contribution in [2.45, 2.75) is 6.10 Å². The van der Waals surface area contributed by atoms with Crippen molar-refractivity contribution in [3.8, 4) is 17.2 Å². The number of aliphatic hydroxyl groups excluding tert-OH is 1. The number of hydrogen-bond acceptors (Lipinski definition) is 4. The molecule has 0 saturated carbocycles. The summed E-state index contributed by atoms with van der Waals surface area (Å²) in [6.07, 6.45) is -0.887. The molecule has 2 rings (SSSR count). The molecule has 1 unspecified atom stereocenters. The van der Waals surface area contributed by atoms with E-state index >= 15 is 0 Å². The Kier molecular flexibility index (Phi) is 5.09. The standard InChI is InChI=1S/C16H17BrO4/c1-19-11-5-7-15(21-3)13(9-11)16(18)12-8-10(17)4-6-14(12)20-2/h4-9,16,18H,1-3H3. The summed E-state index contributed by atoms with van der Waals surface area (Å²) in [5.41, 5.74) is 1.27. The van der Waals surface area contributed by atoms with E-state index in [1.165, 1.54) is 0 Å². The molecule has 2 aromatic rings. The van der Waals surface area contributed by atoms with Crippen molar-refractivity contribution in [3.63, 3.8) is 0 Å². The third-order valence-electron chi connectivity index (χ3n) is 3.22. The minimum Gasteiger partial charge on any atom is -0.497 e. The maximum Gasteiger partial charge on any atom is 0.125 e. The Balaban J connectivity index is 2.53. The van der Waals surface area contributed by atoms with Crippen LogP contribution in [0.2, 0.25) is 0 Å². The van der Waals surface area contributed by atoms with Gasteiger partial charge >= 0.3 is 0 Å². The van der Waals surface area contributed by atoms with Gasteiger partial charge in [0, 0.05) is 15.6 Å². The van der Waals surface area contributed by atoms with Gasteiger partial charge in [-0.05, 0) is 36.4 Å². The van der Waals surface area contributed by atoms with Gasteiger partial charge < -0.3 is 19.3 Å². The fourth-order valence-electron chi connectivity index (χ4n) is 2.14. The molecule has 0 radical (unpaired) electrons. The van der Waals surface area contributed by atoms with E-state index < -0.39 is 6.10 Å². The highest BCUT2D eigenvalue weighted by Crippen LogP contribution is 2.37. The maximum absolute atomic E-state index is 10.7. The molecule has 0 amide bonds. The zero-order valence-corrected chi connectivity index (χ0v) is 13.7. The summed E-state index contributed by atoms with van der Waals surface area (Å²) in [6.45, 7) is 0. The summed E-state index contributed by atoms with van der Waals surface area (Å²) in [4.78, 5) is 0. The zero-order chi connectivity index (χ0) is 15.4. The molecular weight excluding hydrogens is 336 g/mol. The van der Waals surface area contributed by atoms with Gasteiger partial charge in [-0.2, -0.15) is 0 Å². The summed E-state index contributed by atoms with van der Waals surface area (Å²) >= 11 is 3.41. The van der Waals surface area contributed by atoms with Crippen LogP contribution in [-0.4, -0.2) is 26.4 Å². The number of hydrogen-bond donors (Lipinski definition) is 1. The lowest BCUT2D eigenvalue weighted by molar-refractivity contribution is 0.209. The second-order valence-corrected chi connectivity index (χ2v) is 5.31. The molecule has 2 aromatic carbocycles. The Hall–Kier alpha value is -1.72. The minimum atomic E-state index is -0.887. The highest BCUT2D eigenvalue weighted by molar-refractivity contribution is 9.10. The number of rotatable bonds is 5. The highest BCUT2D eigenvalue weighted by Gasteiger charge is 2.20. The highest BCUT2D eigenvalue weighted by atomic mass is 79.9. The average Bonchev–Trinajstić information content (AvgIpc) is 2.53. The fourth-order valence-corrected chi connectivity index (χ4v) is 2.52. The van der Waals surface area contributed by atoms with Crippen LogP contribution in [0.5, 0.6) is 17.2 Å². The maximum atomic E-state index is 10.7. The molecule has 0 fully saturated rings. The van der Waals surface area contributed by atoms with E-state index in [1.807, 2.05) is 12.1 Å². The van der Waals surface area contributed by atoms with Crippen LogP contribution in [0.25, 0.3) is 0 Å². The molecule has 4 nitrogen and oxygen atoms in total. The van der Waals surface area contributed by atoms with Gasteiger partial charge in [0.15, 0.2) is 0 Å². The van der Waals surface area contributed by atoms with E-state index in [2.05, 4.69) is 15.9 Å². The van der Waals surface area contributed by atoms with Crippen LogP contribution in [0.15, 0.2) is 40.9 Å². The van der Waals surface area contributed by atoms with E-state index in [0.29, 0.717) is 28.4 Å². The van der Waals surface area contributed by atoms with E-state index in [9.17, 15) is 5.11 Å². The van der Waals surface area contributed by atoms with Gasteiger partial charge in [-0.15, -0.1) is 0 Å².